The third-order valence-electron chi connectivity index (χ3n) is 4.93. The molecule has 1 aliphatic heterocycles. The zero-order valence-corrected chi connectivity index (χ0v) is 18.5. The van der Waals surface area contributed by atoms with Crippen LogP contribution in [0.2, 0.25) is 0 Å². The largest absolute Gasteiger partial charge is 0.490 e. The van der Waals surface area contributed by atoms with Gasteiger partial charge in [0.25, 0.3) is 5.56 Å². The highest BCUT2D eigenvalue weighted by atomic mass is 31.3. The fraction of sp³-hybridized carbons (Fsp3) is 0.545. The summed E-state index contributed by atoms with van der Waals surface area (Å²) in [5.41, 5.74) is 0.721. The van der Waals surface area contributed by atoms with Crippen LogP contribution in [0.4, 0.5) is 5.95 Å². The summed E-state index contributed by atoms with van der Waals surface area (Å²) in [6, 6.07) is 0. The second kappa shape index (κ2) is 7.47. The van der Waals surface area contributed by atoms with Gasteiger partial charge in [-0.1, -0.05) is 0 Å². The first kappa shape index (κ1) is 24.6. The quantitative estimate of drug-likeness (QED) is 0.166. The number of aromatic amines is 1. The van der Waals surface area contributed by atoms with Crippen molar-refractivity contribution in [2.75, 3.05) is 12.3 Å². The van der Waals surface area contributed by atoms with Crippen molar-refractivity contribution in [2.24, 2.45) is 0 Å². The Balaban J connectivity index is 1.52. The van der Waals surface area contributed by atoms with Gasteiger partial charge in [-0.15, -0.1) is 0 Å². The van der Waals surface area contributed by atoms with Crippen molar-refractivity contribution in [1.29, 1.82) is 0 Å². The Kier molecular flexibility index (Phi) is 5.56. The maximum atomic E-state index is 11.9. The first-order valence-corrected chi connectivity index (χ1v) is 13.1. The van der Waals surface area contributed by atoms with E-state index < -0.39 is 59.2 Å². The number of hydrogen-bond donors (Lipinski definition) is 8. The van der Waals surface area contributed by atoms with Crippen molar-refractivity contribution in [3.8, 4) is 0 Å². The number of rotatable bonds is 8. The minimum absolute atomic E-state index is 0.103. The molecule has 1 saturated heterocycles. The number of aromatic nitrogens is 4. The van der Waals surface area contributed by atoms with Crippen LogP contribution in [0.5, 0.6) is 0 Å². The van der Waals surface area contributed by atoms with E-state index in [9.17, 15) is 38.5 Å². The molecular weight excluding hydrogens is 519 g/mol. The number of hydrogen-bond acceptors (Lipinski definition) is 13. The van der Waals surface area contributed by atoms with Gasteiger partial charge in [0.1, 0.15) is 17.3 Å². The molecule has 2 aromatic heterocycles. The molecule has 2 fully saturated rings. The van der Waals surface area contributed by atoms with Crippen LogP contribution in [0.1, 0.15) is 12.6 Å². The van der Waals surface area contributed by atoms with Crippen LogP contribution in [0.3, 0.4) is 0 Å². The molecule has 22 heteroatoms. The van der Waals surface area contributed by atoms with E-state index in [2.05, 4.69) is 28.1 Å². The molecule has 2 aromatic rings. The second-order valence-corrected chi connectivity index (χ2v) is 11.6. The van der Waals surface area contributed by atoms with Crippen molar-refractivity contribution in [3.63, 3.8) is 0 Å². The molecule has 6 unspecified atom stereocenters. The van der Waals surface area contributed by atoms with E-state index in [4.69, 9.17) is 20.3 Å². The number of aliphatic hydroxyl groups is 2. The maximum absolute atomic E-state index is 11.9. The third-order valence-corrected chi connectivity index (χ3v) is 8.71. The van der Waals surface area contributed by atoms with Gasteiger partial charge in [-0.25, -0.2) is 18.7 Å². The Hall–Kier alpha value is -1.56. The predicted octanol–water partition coefficient (Wildman–Crippen LogP) is -2.19. The van der Waals surface area contributed by atoms with Gasteiger partial charge in [0.15, 0.2) is 17.4 Å². The van der Waals surface area contributed by atoms with E-state index in [1.165, 1.54) is 0 Å². The fourth-order valence-corrected chi connectivity index (χ4v) is 6.54. The van der Waals surface area contributed by atoms with Crippen LogP contribution >= 0.6 is 23.5 Å². The average molecular weight is 535 g/mol. The molecule has 0 radical (unpaired) electrons. The lowest BCUT2D eigenvalue weighted by Crippen LogP contribution is -2.34. The number of nitrogen functional groups attached to an aromatic ring is 1. The summed E-state index contributed by atoms with van der Waals surface area (Å²) < 4.78 is 52.4. The first-order chi connectivity index (χ1) is 15.0. The van der Waals surface area contributed by atoms with Crippen molar-refractivity contribution < 1.29 is 61.4 Å². The van der Waals surface area contributed by atoms with E-state index in [0.29, 0.717) is 0 Å². The van der Waals surface area contributed by atoms with Gasteiger partial charge in [-0.3, -0.25) is 18.9 Å². The van der Waals surface area contributed by atoms with E-state index in [-0.39, 0.29) is 23.5 Å². The summed E-state index contributed by atoms with van der Waals surface area (Å²) in [7, 11) is -16.8. The van der Waals surface area contributed by atoms with E-state index in [1.807, 2.05) is 0 Å². The highest BCUT2D eigenvalue weighted by Gasteiger charge is 2.80. The Morgan fingerprint density at radius 1 is 1.24 bits per heavy atom. The van der Waals surface area contributed by atoms with Crippen molar-refractivity contribution in [2.45, 2.75) is 30.0 Å². The molecule has 4 rings (SSSR count). The summed E-state index contributed by atoms with van der Waals surface area (Å²) in [5, 5.41) is 21.2. The second-order valence-electron chi connectivity index (χ2n) is 7.19. The normalized spacial score (nSPS) is 32.9. The SMILES string of the molecule is Nc1nc2c(ncn2C2OC3(COP(=O)(O)OP(=O)(O)OP(=O)(O)O)CC3(O)C2O)c(=O)[nH]1. The van der Waals surface area contributed by atoms with Crippen LogP contribution < -0.4 is 11.3 Å². The van der Waals surface area contributed by atoms with Gasteiger partial charge >= 0.3 is 23.5 Å². The molecule has 0 aromatic carbocycles. The predicted molar refractivity (Wildman–Crippen MR) is 101 cm³/mol. The number of ether oxygens (including phenoxy) is 1. The lowest BCUT2D eigenvalue weighted by molar-refractivity contribution is -0.0893. The standard InChI is InChI=1S/C11H16N5O14P3/c12-9-14-6-4(7(18)15-9)13-3-16(6)8-5(17)11(19)1-10(11,28-8)2-27-32(23,24)30-33(25,26)29-31(20,21)22/h3,5,8,17,19H,1-2H2,(H,23,24)(H,25,26)(H2,20,21,22)(H3,12,14,15,18). The van der Waals surface area contributed by atoms with E-state index in [0.717, 1.165) is 10.9 Å². The molecule has 184 valence electrons. The minimum Gasteiger partial charge on any atom is -0.385 e. The molecule has 0 spiro atoms. The van der Waals surface area contributed by atoms with Crippen LogP contribution in [0.25, 0.3) is 11.2 Å². The summed E-state index contributed by atoms with van der Waals surface area (Å²) in [5.74, 6) is -0.270. The van der Waals surface area contributed by atoms with E-state index in [1.54, 1.807) is 0 Å². The number of phosphoric acid groups is 3. The van der Waals surface area contributed by atoms with Crippen molar-refractivity contribution in [3.05, 3.63) is 16.7 Å². The zero-order valence-electron chi connectivity index (χ0n) is 15.9. The summed E-state index contributed by atoms with van der Waals surface area (Å²) in [4.78, 5) is 57.7. The Morgan fingerprint density at radius 2 is 1.91 bits per heavy atom. The molecule has 33 heavy (non-hydrogen) atoms. The topological polar surface area (TPSA) is 299 Å². The van der Waals surface area contributed by atoms with Gasteiger partial charge in [-0.2, -0.15) is 13.6 Å². The summed E-state index contributed by atoms with van der Waals surface area (Å²) in [6.45, 7) is -0.983. The van der Waals surface area contributed by atoms with Crippen molar-refractivity contribution in [1.82, 2.24) is 19.5 Å². The lowest BCUT2D eigenvalue weighted by Gasteiger charge is -2.22. The molecule has 1 saturated carbocycles. The maximum Gasteiger partial charge on any atom is 0.490 e. The Morgan fingerprint density at radius 3 is 2.55 bits per heavy atom. The van der Waals surface area contributed by atoms with Gasteiger partial charge in [-0.05, 0) is 0 Å². The molecule has 0 amide bonds. The van der Waals surface area contributed by atoms with E-state index >= 15 is 0 Å². The van der Waals surface area contributed by atoms with Gasteiger partial charge < -0.3 is 40.3 Å². The summed E-state index contributed by atoms with van der Waals surface area (Å²) in [6.07, 6.45) is -2.32. The number of imidazole rings is 1. The number of H-pyrrole nitrogens is 1. The molecule has 19 nitrogen and oxygen atoms in total. The highest BCUT2D eigenvalue weighted by molar-refractivity contribution is 7.66. The van der Waals surface area contributed by atoms with Crippen LogP contribution in [-0.4, -0.2) is 73.2 Å². The highest BCUT2D eigenvalue weighted by Crippen LogP contribution is 2.68. The number of fused-ring (bicyclic) bond motifs is 2. The minimum atomic E-state index is -5.74. The van der Waals surface area contributed by atoms with Crippen LogP contribution in [-0.2, 0) is 31.6 Å². The molecular formula is C11H16N5O14P3. The van der Waals surface area contributed by atoms with Crippen LogP contribution in [0, 0.1) is 0 Å². The molecule has 0 bridgehead atoms. The smallest absolute Gasteiger partial charge is 0.385 e. The zero-order chi connectivity index (χ0) is 24.6. The molecule has 9 N–H and O–H groups in total. The van der Waals surface area contributed by atoms with Gasteiger partial charge in [0.2, 0.25) is 5.95 Å². The number of anilines is 1. The number of nitrogens with zero attached hydrogens (tertiary/aromatic N) is 3. The number of aliphatic hydroxyl groups excluding tert-OH is 1. The van der Waals surface area contributed by atoms with Crippen molar-refractivity contribution >= 4 is 40.6 Å². The first-order valence-electron chi connectivity index (χ1n) is 8.57. The summed E-state index contributed by atoms with van der Waals surface area (Å²) >= 11 is 0. The Bertz CT molecular complexity index is 1320. The number of nitrogens with one attached hydrogen (secondary N) is 1. The third kappa shape index (κ3) is 4.44. The number of nitrogens with two attached hydrogens (primary N) is 1. The molecule has 1 aliphatic carbocycles. The molecule has 6 atom stereocenters. The molecule has 3 heterocycles. The molecule has 2 aliphatic rings. The number of phosphoric ester groups is 1. The van der Waals surface area contributed by atoms with Crippen LogP contribution in [0.15, 0.2) is 11.1 Å². The van der Waals surface area contributed by atoms with Gasteiger partial charge in [0, 0.05) is 6.42 Å². The Labute approximate surface area is 181 Å². The average Bonchev–Trinajstić information content (AvgIpc) is 2.90. The lowest BCUT2D eigenvalue weighted by atomic mass is 10.1. The monoisotopic (exact) mass is 535 g/mol. The fourth-order valence-electron chi connectivity index (χ4n) is 3.48. The van der Waals surface area contributed by atoms with Gasteiger partial charge in [0.05, 0.1) is 12.9 Å².